The first-order valence-electron chi connectivity index (χ1n) is 3.35. The van der Waals surface area contributed by atoms with Gasteiger partial charge in [-0.25, -0.2) is 0 Å². The Morgan fingerprint density at radius 2 is 2.33 bits per heavy atom. The molecular weight excluding hydrogens is 158 g/mol. The fourth-order valence-electron chi connectivity index (χ4n) is 0.844. The average molecular weight is 166 g/mol. The molecule has 63 valence electrons. The molecule has 1 rings (SSSR count). The molecule has 0 atom stereocenters. The lowest BCUT2D eigenvalue weighted by molar-refractivity contribution is -0.429. The molecule has 1 aromatic rings. The van der Waals surface area contributed by atoms with Crippen LogP contribution in [0.25, 0.3) is 0 Å². The predicted octanol–water partition coefficient (Wildman–Crippen LogP) is 1.48. The van der Waals surface area contributed by atoms with Gasteiger partial charge in [-0.1, -0.05) is 12.1 Å². The molecule has 0 fully saturated rings. The van der Waals surface area contributed by atoms with Crippen LogP contribution in [-0.4, -0.2) is 12.0 Å². The van der Waals surface area contributed by atoms with Gasteiger partial charge in [-0.15, -0.1) is 0 Å². The Balaban J connectivity index is 2.79. The van der Waals surface area contributed by atoms with Gasteiger partial charge in [-0.05, 0) is 12.1 Å². The number of rotatable bonds is 3. The van der Waals surface area contributed by atoms with Crippen molar-refractivity contribution in [2.75, 3.05) is 7.11 Å². The van der Waals surface area contributed by atoms with E-state index in [4.69, 9.17) is 4.74 Å². The van der Waals surface area contributed by atoms with Crippen LogP contribution in [0.15, 0.2) is 24.3 Å². The van der Waals surface area contributed by atoms with Gasteiger partial charge in [-0.2, -0.15) is 0 Å². The largest absolute Gasteiger partial charge is 0.497 e. The molecule has 4 nitrogen and oxygen atoms in total. The van der Waals surface area contributed by atoms with E-state index in [1.807, 2.05) is 0 Å². The standard InChI is InChI=1S/C8H8NO3/c1-12-8-4-2-3-7(5-8)6-9(10)11/h2-6H,1H3. The number of hydrogen-bond donors (Lipinski definition) is 0. The lowest BCUT2D eigenvalue weighted by Gasteiger charge is -1.99. The van der Waals surface area contributed by atoms with Crippen molar-refractivity contribution >= 4 is 0 Å². The Morgan fingerprint density at radius 1 is 1.58 bits per heavy atom. The van der Waals surface area contributed by atoms with Gasteiger partial charge in [0.25, 0.3) is 0 Å². The van der Waals surface area contributed by atoms with Crippen molar-refractivity contribution in [1.82, 2.24) is 0 Å². The molecule has 0 aromatic heterocycles. The lowest BCUT2D eigenvalue weighted by atomic mass is 10.2. The Bertz CT molecular complexity index is 285. The first-order chi connectivity index (χ1) is 5.72. The van der Waals surface area contributed by atoms with Crippen LogP contribution in [0.2, 0.25) is 0 Å². The van der Waals surface area contributed by atoms with Crippen molar-refractivity contribution in [1.29, 1.82) is 0 Å². The second-order valence-corrected chi connectivity index (χ2v) is 2.19. The predicted molar refractivity (Wildman–Crippen MR) is 43.4 cm³/mol. The van der Waals surface area contributed by atoms with Crippen molar-refractivity contribution in [3.8, 4) is 5.75 Å². The molecule has 0 aliphatic rings. The first-order valence-corrected chi connectivity index (χ1v) is 3.35. The van der Waals surface area contributed by atoms with Crippen LogP contribution >= 0.6 is 0 Å². The van der Waals surface area contributed by atoms with Crippen LogP contribution in [0.3, 0.4) is 0 Å². The van der Waals surface area contributed by atoms with Gasteiger partial charge in [0.2, 0.25) is 0 Å². The fourth-order valence-corrected chi connectivity index (χ4v) is 0.844. The van der Waals surface area contributed by atoms with E-state index in [0.717, 1.165) is 6.54 Å². The summed E-state index contributed by atoms with van der Waals surface area (Å²) in [5.41, 5.74) is 0.527. The minimum absolute atomic E-state index is 0.491. The number of ether oxygens (including phenoxy) is 1. The van der Waals surface area contributed by atoms with Crippen LogP contribution in [0.1, 0.15) is 5.56 Å². The summed E-state index contributed by atoms with van der Waals surface area (Å²) in [6, 6.07) is 6.68. The summed E-state index contributed by atoms with van der Waals surface area (Å²) in [6.07, 6.45) is 0. The van der Waals surface area contributed by atoms with Crippen molar-refractivity contribution in [3.05, 3.63) is 46.5 Å². The summed E-state index contributed by atoms with van der Waals surface area (Å²) in [7, 11) is 1.52. The van der Waals surface area contributed by atoms with E-state index in [1.54, 1.807) is 24.3 Å². The average Bonchev–Trinajstić information content (AvgIpc) is 2.03. The number of nitrogens with zero attached hydrogens (tertiary/aromatic N) is 1. The van der Waals surface area contributed by atoms with Gasteiger partial charge in [0, 0.05) is 10.5 Å². The summed E-state index contributed by atoms with van der Waals surface area (Å²) in [6.45, 7) is 0.933. The summed E-state index contributed by atoms with van der Waals surface area (Å²) >= 11 is 0. The van der Waals surface area contributed by atoms with Crippen molar-refractivity contribution in [2.24, 2.45) is 0 Å². The smallest absolute Gasteiger partial charge is 0.308 e. The van der Waals surface area contributed by atoms with E-state index in [-0.39, 0.29) is 0 Å². The molecule has 0 amide bonds. The Kier molecular flexibility index (Phi) is 2.63. The Morgan fingerprint density at radius 3 is 2.92 bits per heavy atom. The van der Waals surface area contributed by atoms with Crippen molar-refractivity contribution in [3.63, 3.8) is 0 Å². The third-order valence-electron chi connectivity index (χ3n) is 1.35. The van der Waals surface area contributed by atoms with Crippen molar-refractivity contribution in [2.45, 2.75) is 0 Å². The summed E-state index contributed by atoms with van der Waals surface area (Å²) in [5.74, 6) is 0.616. The van der Waals surface area contributed by atoms with Gasteiger partial charge < -0.3 is 4.74 Å². The highest BCUT2D eigenvalue weighted by Crippen LogP contribution is 2.13. The number of nitro groups is 1. The third kappa shape index (κ3) is 2.23. The molecule has 0 spiro atoms. The minimum atomic E-state index is -0.491. The molecule has 4 heteroatoms. The topological polar surface area (TPSA) is 52.4 Å². The van der Waals surface area contributed by atoms with Crippen LogP contribution in [0, 0.1) is 16.7 Å². The Labute approximate surface area is 69.9 Å². The molecule has 0 aliphatic heterocycles. The molecule has 0 saturated heterocycles. The second-order valence-electron chi connectivity index (χ2n) is 2.19. The van der Waals surface area contributed by atoms with Crippen LogP contribution in [-0.2, 0) is 0 Å². The zero-order valence-corrected chi connectivity index (χ0v) is 6.56. The van der Waals surface area contributed by atoms with Crippen LogP contribution < -0.4 is 4.74 Å². The highest BCUT2D eigenvalue weighted by molar-refractivity contribution is 5.31. The maximum absolute atomic E-state index is 10.1. The molecule has 0 saturated carbocycles. The van der Waals surface area contributed by atoms with Gasteiger partial charge >= 0.3 is 6.54 Å². The summed E-state index contributed by atoms with van der Waals surface area (Å²) < 4.78 is 4.89. The first kappa shape index (κ1) is 8.52. The monoisotopic (exact) mass is 166 g/mol. The molecule has 1 radical (unpaired) electrons. The van der Waals surface area contributed by atoms with Gasteiger partial charge in [0.1, 0.15) is 5.75 Å². The molecule has 12 heavy (non-hydrogen) atoms. The van der Waals surface area contributed by atoms with Crippen molar-refractivity contribution < 1.29 is 9.66 Å². The zero-order valence-electron chi connectivity index (χ0n) is 6.56. The van der Waals surface area contributed by atoms with Gasteiger partial charge in [-0.3, -0.25) is 10.1 Å². The van der Waals surface area contributed by atoms with E-state index in [2.05, 4.69) is 0 Å². The number of methoxy groups -OCH3 is 1. The molecule has 0 unspecified atom stereocenters. The quantitative estimate of drug-likeness (QED) is 0.504. The fraction of sp³-hybridized carbons (Fsp3) is 0.125. The molecule has 0 heterocycles. The van der Waals surface area contributed by atoms with Gasteiger partial charge in [0.15, 0.2) is 0 Å². The van der Waals surface area contributed by atoms with E-state index in [0.29, 0.717) is 11.3 Å². The van der Waals surface area contributed by atoms with E-state index < -0.39 is 4.92 Å². The molecule has 0 bridgehead atoms. The number of benzene rings is 1. The summed E-state index contributed by atoms with van der Waals surface area (Å²) in [4.78, 5) is 9.59. The molecule has 0 aliphatic carbocycles. The van der Waals surface area contributed by atoms with Crippen LogP contribution in [0.4, 0.5) is 0 Å². The maximum Gasteiger partial charge on any atom is 0.308 e. The molecule has 0 N–H and O–H groups in total. The summed E-state index contributed by atoms with van der Waals surface area (Å²) in [5, 5.41) is 10.1. The van der Waals surface area contributed by atoms with E-state index in [9.17, 15) is 10.1 Å². The SMILES string of the molecule is COc1cccc([CH][N+](=O)[O-])c1. The van der Waals surface area contributed by atoms with Crippen LogP contribution in [0.5, 0.6) is 5.75 Å². The molecule has 1 aromatic carbocycles. The normalized spacial score (nSPS) is 9.42. The third-order valence-corrected chi connectivity index (χ3v) is 1.35. The van der Waals surface area contributed by atoms with Gasteiger partial charge in [0.05, 0.1) is 7.11 Å². The number of hydrogen-bond acceptors (Lipinski definition) is 3. The second kappa shape index (κ2) is 3.71. The maximum atomic E-state index is 10.1. The van der Waals surface area contributed by atoms with E-state index >= 15 is 0 Å². The lowest BCUT2D eigenvalue weighted by Crippen LogP contribution is -1.94. The van der Waals surface area contributed by atoms with E-state index in [1.165, 1.54) is 7.11 Å². The highest BCUT2D eigenvalue weighted by atomic mass is 16.6. The molecular formula is C8H8NO3. The zero-order chi connectivity index (χ0) is 8.97. The Hall–Kier alpha value is -1.58. The highest BCUT2D eigenvalue weighted by Gasteiger charge is 2.03. The minimum Gasteiger partial charge on any atom is -0.497 e.